The fourth-order valence-corrected chi connectivity index (χ4v) is 3.07. The Morgan fingerprint density at radius 2 is 1.67 bits per heavy atom. The molecule has 1 saturated carbocycles. The first-order chi connectivity index (χ1) is 8.67. The van der Waals surface area contributed by atoms with E-state index in [1.807, 2.05) is 6.92 Å². The largest absolute Gasteiger partial charge is 0.203 e. The van der Waals surface area contributed by atoms with Gasteiger partial charge in [-0.05, 0) is 55.1 Å². The number of benzene rings is 1. The molecule has 0 atom stereocenters. The monoisotopic (exact) mass is 252 g/mol. The normalized spacial score (nSPS) is 24.2. The van der Waals surface area contributed by atoms with E-state index >= 15 is 0 Å². The van der Waals surface area contributed by atoms with E-state index in [1.165, 1.54) is 6.42 Å². The number of halogens is 2. The summed E-state index contributed by atoms with van der Waals surface area (Å²) in [4.78, 5) is 0. The molecule has 0 aromatic heterocycles. The first-order valence-corrected chi connectivity index (χ1v) is 7.14. The minimum absolute atomic E-state index is 0.216. The van der Waals surface area contributed by atoms with E-state index in [0.717, 1.165) is 31.6 Å². The summed E-state index contributed by atoms with van der Waals surface area (Å²) >= 11 is 0. The van der Waals surface area contributed by atoms with Gasteiger partial charge in [-0.15, -0.1) is 0 Å². The Morgan fingerprint density at radius 3 is 2.22 bits per heavy atom. The van der Waals surface area contributed by atoms with Gasteiger partial charge in [0.1, 0.15) is 0 Å². The fraction of sp³-hybridized carbons (Fsp3) is 0.625. The van der Waals surface area contributed by atoms with E-state index in [0.29, 0.717) is 17.5 Å². The van der Waals surface area contributed by atoms with Crippen LogP contribution in [0.15, 0.2) is 12.1 Å². The highest BCUT2D eigenvalue weighted by Gasteiger charge is 2.25. The minimum Gasteiger partial charge on any atom is -0.203 e. The lowest BCUT2D eigenvalue weighted by Gasteiger charge is -2.28. The summed E-state index contributed by atoms with van der Waals surface area (Å²) in [6.07, 6.45) is 6.06. The summed E-state index contributed by atoms with van der Waals surface area (Å²) in [6.45, 7) is 4.06. The first-order valence-electron chi connectivity index (χ1n) is 7.14. The van der Waals surface area contributed by atoms with Gasteiger partial charge < -0.3 is 0 Å². The lowest BCUT2D eigenvalue weighted by atomic mass is 9.77. The van der Waals surface area contributed by atoms with E-state index in [2.05, 4.69) is 6.92 Å². The molecule has 2 rings (SSSR count). The van der Waals surface area contributed by atoms with Crippen molar-refractivity contribution >= 4 is 0 Å². The van der Waals surface area contributed by atoms with Gasteiger partial charge in [-0.3, -0.25) is 0 Å². The van der Waals surface area contributed by atoms with Gasteiger partial charge in [-0.2, -0.15) is 0 Å². The van der Waals surface area contributed by atoms with Crippen LogP contribution < -0.4 is 0 Å². The molecule has 0 heterocycles. The zero-order valence-corrected chi connectivity index (χ0v) is 11.3. The average Bonchev–Trinajstić information content (AvgIpc) is 2.42. The summed E-state index contributed by atoms with van der Waals surface area (Å²) in [5.41, 5.74) is 1.08. The van der Waals surface area contributed by atoms with Gasteiger partial charge in [0.25, 0.3) is 0 Å². The maximum atomic E-state index is 14.0. The van der Waals surface area contributed by atoms with Gasteiger partial charge in [0.15, 0.2) is 11.6 Å². The molecule has 1 aromatic carbocycles. The molecule has 0 saturated heterocycles. The predicted molar refractivity (Wildman–Crippen MR) is 70.7 cm³/mol. The van der Waals surface area contributed by atoms with Gasteiger partial charge in [-0.1, -0.05) is 32.4 Å². The van der Waals surface area contributed by atoms with Crippen LogP contribution >= 0.6 is 0 Å². The van der Waals surface area contributed by atoms with E-state index in [1.54, 1.807) is 12.1 Å². The molecule has 18 heavy (non-hydrogen) atoms. The van der Waals surface area contributed by atoms with Crippen molar-refractivity contribution in [1.82, 2.24) is 0 Å². The van der Waals surface area contributed by atoms with Crippen LogP contribution in [0.4, 0.5) is 8.78 Å². The molecule has 1 aliphatic carbocycles. The summed E-state index contributed by atoms with van der Waals surface area (Å²) < 4.78 is 27.8. The molecular formula is C16H22F2. The Bertz CT molecular complexity index is 404. The Morgan fingerprint density at radius 1 is 1.00 bits per heavy atom. The topological polar surface area (TPSA) is 0 Å². The van der Waals surface area contributed by atoms with Crippen LogP contribution in [0, 0.1) is 17.6 Å². The van der Waals surface area contributed by atoms with Crippen molar-refractivity contribution in [3.05, 3.63) is 34.9 Å². The molecule has 1 aromatic rings. The molecule has 0 amide bonds. The molecule has 1 aliphatic rings. The van der Waals surface area contributed by atoms with Crippen LogP contribution in [0.2, 0.25) is 0 Å². The maximum Gasteiger partial charge on any atom is 0.162 e. The SMILES string of the molecule is CCc1ccc(C2CCC(CC)CC2)c(F)c1F. The Kier molecular flexibility index (Phi) is 4.36. The third kappa shape index (κ3) is 2.57. The van der Waals surface area contributed by atoms with Gasteiger partial charge in [0.05, 0.1) is 0 Å². The van der Waals surface area contributed by atoms with Crippen molar-refractivity contribution in [3.8, 4) is 0 Å². The fourth-order valence-electron chi connectivity index (χ4n) is 3.07. The van der Waals surface area contributed by atoms with Gasteiger partial charge in [0.2, 0.25) is 0 Å². The Balaban J connectivity index is 2.17. The molecule has 0 aliphatic heterocycles. The predicted octanol–water partition coefficient (Wildman–Crippen LogP) is 5.21. The molecule has 0 spiro atoms. The molecule has 0 bridgehead atoms. The zero-order chi connectivity index (χ0) is 13.1. The van der Waals surface area contributed by atoms with Gasteiger partial charge in [-0.25, -0.2) is 8.78 Å². The molecule has 1 fully saturated rings. The smallest absolute Gasteiger partial charge is 0.162 e. The van der Waals surface area contributed by atoms with Gasteiger partial charge in [0, 0.05) is 0 Å². The summed E-state index contributed by atoms with van der Waals surface area (Å²) in [5.74, 6) is -0.237. The van der Waals surface area contributed by atoms with E-state index in [-0.39, 0.29) is 5.92 Å². The van der Waals surface area contributed by atoms with Crippen molar-refractivity contribution < 1.29 is 8.78 Å². The highest BCUT2D eigenvalue weighted by molar-refractivity contribution is 5.29. The van der Waals surface area contributed by atoms with Crippen LogP contribution in [0.5, 0.6) is 0 Å². The third-order valence-electron chi connectivity index (χ3n) is 4.44. The molecule has 100 valence electrons. The highest BCUT2D eigenvalue weighted by atomic mass is 19.2. The van der Waals surface area contributed by atoms with Crippen LogP contribution in [0.3, 0.4) is 0 Å². The number of rotatable bonds is 3. The lowest BCUT2D eigenvalue weighted by molar-refractivity contribution is 0.312. The van der Waals surface area contributed by atoms with Crippen molar-refractivity contribution in [2.24, 2.45) is 5.92 Å². The van der Waals surface area contributed by atoms with E-state index in [4.69, 9.17) is 0 Å². The van der Waals surface area contributed by atoms with Crippen molar-refractivity contribution in [2.45, 2.75) is 58.3 Å². The second-order valence-electron chi connectivity index (χ2n) is 5.42. The van der Waals surface area contributed by atoms with Crippen molar-refractivity contribution in [1.29, 1.82) is 0 Å². The average molecular weight is 252 g/mol. The van der Waals surface area contributed by atoms with Crippen LogP contribution in [0.1, 0.15) is 63.0 Å². The third-order valence-corrected chi connectivity index (χ3v) is 4.44. The van der Waals surface area contributed by atoms with Crippen molar-refractivity contribution in [3.63, 3.8) is 0 Å². The van der Waals surface area contributed by atoms with Crippen LogP contribution in [0.25, 0.3) is 0 Å². The lowest BCUT2D eigenvalue weighted by Crippen LogP contribution is -2.14. The van der Waals surface area contributed by atoms with Crippen LogP contribution in [-0.2, 0) is 6.42 Å². The first kappa shape index (κ1) is 13.5. The van der Waals surface area contributed by atoms with E-state index in [9.17, 15) is 8.78 Å². The van der Waals surface area contributed by atoms with Crippen molar-refractivity contribution in [2.75, 3.05) is 0 Å². The molecule has 0 N–H and O–H groups in total. The molecular weight excluding hydrogens is 230 g/mol. The quantitative estimate of drug-likeness (QED) is 0.692. The molecule has 0 radical (unpaired) electrons. The summed E-state index contributed by atoms with van der Waals surface area (Å²) in [6, 6.07) is 3.55. The molecule has 0 nitrogen and oxygen atoms in total. The second kappa shape index (κ2) is 5.81. The number of aryl methyl sites for hydroxylation is 1. The number of hydrogen-bond donors (Lipinski definition) is 0. The maximum absolute atomic E-state index is 14.0. The molecule has 2 heteroatoms. The van der Waals surface area contributed by atoms with Crippen LogP contribution in [-0.4, -0.2) is 0 Å². The summed E-state index contributed by atoms with van der Waals surface area (Å²) in [5, 5.41) is 0. The molecule has 0 unspecified atom stereocenters. The number of hydrogen-bond acceptors (Lipinski definition) is 0. The Labute approximate surface area is 108 Å². The van der Waals surface area contributed by atoms with Gasteiger partial charge >= 0.3 is 0 Å². The van der Waals surface area contributed by atoms with E-state index < -0.39 is 11.6 Å². The Hall–Kier alpha value is -0.920. The highest BCUT2D eigenvalue weighted by Crippen LogP contribution is 2.38. The second-order valence-corrected chi connectivity index (χ2v) is 5.42. The standard InChI is InChI=1S/C16H22F2/c1-3-11-5-7-13(8-6-11)14-10-9-12(4-2)15(17)16(14)18/h9-11,13H,3-8H2,1-2H3. The zero-order valence-electron chi connectivity index (χ0n) is 11.3. The minimum atomic E-state index is -0.632. The summed E-state index contributed by atoms with van der Waals surface area (Å²) in [7, 11) is 0.